The van der Waals surface area contributed by atoms with Gasteiger partial charge < -0.3 is 15.4 Å². The van der Waals surface area contributed by atoms with Crippen molar-refractivity contribution >= 4 is 5.69 Å². The number of nitrogens with zero attached hydrogens (tertiary/aromatic N) is 1. The normalized spacial score (nSPS) is 17.4. The van der Waals surface area contributed by atoms with Gasteiger partial charge in [-0.15, -0.1) is 0 Å². The fraction of sp³-hybridized carbons (Fsp3) is 0.571. The Bertz CT molecular complexity index is 346. The molecule has 1 aromatic rings. The number of benzene rings is 1. The van der Waals surface area contributed by atoms with Crippen molar-refractivity contribution in [3.63, 3.8) is 0 Å². The molecule has 1 aliphatic rings. The van der Waals surface area contributed by atoms with Crippen molar-refractivity contribution in [1.29, 1.82) is 0 Å². The zero-order valence-electron chi connectivity index (χ0n) is 10.6. The van der Waals surface area contributed by atoms with Crippen LogP contribution in [0.1, 0.15) is 18.4 Å². The topological polar surface area (TPSA) is 38.5 Å². The van der Waals surface area contributed by atoms with Gasteiger partial charge in [0.15, 0.2) is 0 Å². The molecule has 3 heteroatoms. The SMILES string of the molecule is COCC1CCN(c2ccccc2CN)CC1. The second kappa shape index (κ2) is 6.03. The fourth-order valence-corrected chi connectivity index (χ4v) is 2.57. The highest BCUT2D eigenvalue weighted by atomic mass is 16.5. The molecule has 0 aliphatic carbocycles. The van der Waals surface area contributed by atoms with Crippen LogP contribution in [-0.4, -0.2) is 26.8 Å². The lowest BCUT2D eigenvalue weighted by Crippen LogP contribution is -2.35. The van der Waals surface area contributed by atoms with Gasteiger partial charge >= 0.3 is 0 Å². The summed E-state index contributed by atoms with van der Waals surface area (Å²) in [7, 11) is 1.79. The predicted octanol–water partition coefficient (Wildman–Crippen LogP) is 2.01. The molecule has 1 aliphatic heterocycles. The zero-order chi connectivity index (χ0) is 12.1. The highest BCUT2D eigenvalue weighted by Crippen LogP contribution is 2.26. The number of ether oxygens (including phenoxy) is 1. The van der Waals surface area contributed by atoms with E-state index in [0.717, 1.165) is 25.6 Å². The zero-order valence-corrected chi connectivity index (χ0v) is 10.6. The van der Waals surface area contributed by atoms with Crippen molar-refractivity contribution in [2.45, 2.75) is 19.4 Å². The molecule has 1 saturated heterocycles. The number of nitrogens with two attached hydrogens (primary N) is 1. The van der Waals surface area contributed by atoms with E-state index in [-0.39, 0.29) is 0 Å². The Morgan fingerprint density at radius 3 is 2.65 bits per heavy atom. The van der Waals surface area contributed by atoms with Crippen LogP contribution in [0.3, 0.4) is 0 Å². The average Bonchev–Trinajstić information content (AvgIpc) is 2.40. The van der Waals surface area contributed by atoms with Crippen LogP contribution in [0, 0.1) is 5.92 Å². The third kappa shape index (κ3) is 2.99. The third-order valence-electron chi connectivity index (χ3n) is 3.57. The molecule has 0 atom stereocenters. The van der Waals surface area contributed by atoms with Gasteiger partial charge in [0.25, 0.3) is 0 Å². The highest BCUT2D eigenvalue weighted by molar-refractivity contribution is 5.53. The number of anilines is 1. The average molecular weight is 234 g/mol. The lowest BCUT2D eigenvalue weighted by Gasteiger charge is -2.34. The van der Waals surface area contributed by atoms with E-state index < -0.39 is 0 Å². The smallest absolute Gasteiger partial charge is 0.0491 e. The van der Waals surface area contributed by atoms with E-state index in [1.54, 1.807) is 7.11 Å². The molecule has 0 spiro atoms. The summed E-state index contributed by atoms with van der Waals surface area (Å²) in [6.07, 6.45) is 2.43. The van der Waals surface area contributed by atoms with Crippen molar-refractivity contribution in [1.82, 2.24) is 0 Å². The van der Waals surface area contributed by atoms with Crippen molar-refractivity contribution in [3.8, 4) is 0 Å². The van der Waals surface area contributed by atoms with Crippen molar-refractivity contribution < 1.29 is 4.74 Å². The van der Waals surface area contributed by atoms with E-state index in [1.807, 2.05) is 0 Å². The van der Waals surface area contributed by atoms with Gasteiger partial charge in [-0.25, -0.2) is 0 Å². The summed E-state index contributed by atoms with van der Waals surface area (Å²) in [6, 6.07) is 8.45. The van der Waals surface area contributed by atoms with Gasteiger partial charge in [-0.05, 0) is 30.4 Å². The van der Waals surface area contributed by atoms with Gasteiger partial charge in [-0.2, -0.15) is 0 Å². The summed E-state index contributed by atoms with van der Waals surface area (Å²) in [5, 5.41) is 0. The standard InChI is InChI=1S/C14H22N2O/c1-17-11-12-6-8-16(9-7-12)14-5-3-2-4-13(14)10-15/h2-5,12H,6-11,15H2,1H3. The fourth-order valence-electron chi connectivity index (χ4n) is 2.57. The second-order valence-corrected chi connectivity index (χ2v) is 4.72. The first-order chi connectivity index (χ1) is 8.35. The van der Waals surface area contributed by atoms with Gasteiger partial charge in [-0.1, -0.05) is 18.2 Å². The summed E-state index contributed by atoms with van der Waals surface area (Å²) in [4.78, 5) is 2.45. The molecule has 94 valence electrons. The van der Waals surface area contributed by atoms with Gasteiger partial charge in [-0.3, -0.25) is 0 Å². The molecule has 0 unspecified atom stereocenters. The number of methoxy groups -OCH3 is 1. The first-order valence-electron chi connectivity index (χ1n) is 6.37. The maximum atomic E-state index is 5.79. The number of hydrogen-bond acceptors (Lipinski definition) is 3. The van der Waals surface area contributed by atoms with Crippen LogP contribution < -0.4 is 10.6 Å². The molecule has 0 saturated carbocycles. The molecule has 0 amide bonds. The van der Waals surface area contributed by atoms with Crippen LogP contribution in [-0.2, 0) is 11.3 Å². The van der Waals surface area contributed by atoms with Crippen LogP contribution in [0.2, 0.25) is 0 Å². The van der Waals surface area contributed by atoms with E-state index >= 15 is 0 Å². The van der Waals surface area contributed by atoms with E-state index in [4.69, 9.17) is 10.5 Å². The Morgan fingerprint density at radius 1 is 1.29 bits per heavy atom. The molecule has 17 heavy (non-hydrogen) atoms. The number of rotatable bonds is 4. The van der Waals surface area contributed by atoms with Gasteiger partial charge in [0.1, 0.15) is 0 Å². The molecule has 0 bridgehead atoms. The van der Waals surface area contributed by atoms with Crippen LogP contribution in [0.4, 0.5) is 5.69 Å². The Kier molecular flexibility index (Phi) is 4.40. The van der Waals surface area contributed by atoms with Crippen molar-refractivity contribution in [3.05, 3.63) is 29.8 Å². The van der Waals surface area contributed by atoms with Gasteiger partial charge in [0.2, 0.25) is 0 Å². The summed E-state index contributed by atoms with van der Waals surface area (Å²) in [5.74, 6) is 0.723. The third-order valence-corrected chi connectivity index (χ3v) is 3.57. The highest BCUT2D eigenvalue weighted by Gasteiger charge is 2.20. The molecule has 2 rings (SSSR count). The first kappa shape index (κ1) is 12.4. The van der Waals surface area contributed by atoms with Gasteiger partial charge in [0.05, 0.1) is 0 Å². The Morgan fingerprint density at radius 2 is 2.00 bits per heavy atom. The van der Waals surface area contributed by atoms with Crippen LogP contribution in [0.15, 0.2) is 24.3 Å². The number of hydrogen-bond donors (Lipinski definition) is 1. The Balaban J connectivity index is 2.00. The van der Waals surface area contributed by atoms with E-state index in [0.29, 0.717) is 6.54 Å². The molecule has 0 radical (unpaired) electrons. The minimum atomic E-state index is 0.619. The summed E-state index contributed by atoms with van der Waals surface area (Å²) >= 11 is 0. The monoisotopic (exact) mass is 234 g/mol. The predicted molar refractivity (Wildman–Crippen MR) is 71.1 cm³/mol. The summed E-state index contributed by atoms with van der Waals surface area (Å²) in [6.45, 7) is 3.75. The lowest BCUT2D eigenvalue weighted by molar-refractivity contribution is 0.139. The molecular formula is C14H22N2O. The molecule has 2 N–H and O–H groups in total. The van der Waals surface area contributed by atoms with E-state index in [2.05, 4.69) is 29.2 Å². The van der Waals surface area contributed by atoms with Crippen molar-refractivity contribution in [2.75, 3.05) is 31.7 Å². The minimum absolute atomic E-state index is 0.619. The van der Waals surface area contributed by atoms with Crippen molar-refractivity contribution in [2.24, 2.45) is 11.7 Å². The molecule has 1 fully saturated rings. The maximum absolute atomic E-state index is 5.79. The molecule has 1 heterocycles. The Labute approximate surface area is 104 Å². The van der Waals surface area contributed by atoms with Crippen LogP contribution in [0.5, 0.6) is 0 Å². The lowest BCUT2D eigenvalue weighted by atomic mass is 9.97. The quantitative estimate of drug-likeness (QED) is 0.866. The molecular weight excluding hydrogens is 212 g/mol. The number of piperidine rings is 1. The van der Waals surface area contributed by atoms with E-state index in [1.165, 1.54) is 24.1 Å². The molecule has 0 aromatic heterocycles. The van der Waals surface area contributed by atoms with Crippen LogP contribution >= 0.6 is 0 Å². The Hall–Kier alpha value is -1.06. The maximum Gasteiger partial charge on any atom is 0.0491 e. The minimum Gasteiger partial charge on any atom is -0.384 e. The van der Waals surface area contributed by atoms with E-state index in [9.17, 15) is 0 Å². The summed E-state index contributed by atoms with van der Waals surface area (Å²) < 4.78 is 5.23. The largest absolute Gasteiger partial charge is 0.384 e. The number of para-hydroxylation sites is 1. The van der Waals surface area contributed by atoms with Crippen LogP contribution in [0.25, 0.3) is 0 Å². The summed E-state index contributed by atoms with van der Waals surface area (Å²) in [5.41, 5.74) is 8.34. The molecule has 1 aromatic carbocycles. The molecule has 3 nitrogen and oxygen atoms in total. The van der Waals surface area contributed by atoms with Gasteiger partial charge in [0, 0.05) is 39.0 Å². The second-order valence-electron chi connectivity index (χ2n) is 4.72. The first-order valence-corrected chi connectivity index (χ1v) is 6.37.